The molecule has 0 amide bonds. The average Bonchev–Trinajstić information content (AvgIpc) is 3.35. The summed E-state index contributed by atoms with van der Waals surface area (Å²) < 4.78 is 16.8. The molecule has 0 N–H and O–H groups in total. The highest BCUT2D eigenvalue weighted by Crippen LogP contribution is 2.14. The Morgan fingerprint density at radius 1 is 0.290 bits per heavy atom. The number of esters is 3. The lowest BCUT2D eigenvalue weighted by molar-refractivity contribution is -0.167. The fourth-order valence-electron chi connectivity index (χ4n) is 7.94. The molecule has 0 heterocycles. The van der Waals surface area contributed by atoms with Gasteiger partial charge in [0.1, 0.15) is 13.2 Å². The molecule has 6 nitrogen and oxygen atoms in total. The first-order chi connectivity index (χ1) is 34.0. The number of allylic oxidation sites excluding steroid dienone is 14. The Morgan fingerprint density at radius 3 is 0.870 bits per heavy atom. The smallest absolute Gasteiger partial charge is 0.306 e. The van der Waals surface area contributed by atoms with E-state index >= 15 is 0 Å². The maximum atomic E-state index is 12.9. The molecule has 69 heavy (non-hydrogen) atoms. The molecule has 0 fully saturated rings. The largest absolute Gasteiger partial charge is 0.462 e. The van der Waals surface area contributed by atoms with E-state index in [-0.39, 0.29) is 44.0 Å². The van der Waals surface area contributed by atoms with Crippen molar-refractivity contribution in [3.05, 3.63) is 85.1 Å². The molecular weight excluding hydrogens is 853 g/mol. The summed E-state index contributed by atoms with van der Waals surface area (Å²) >= 11 is 0. The van der Waals surface area contributed by atoms with E-state index in [1.807, 2.05) is 0 Å². The van der Waals surface area contributed by atoms with E-state index in [4.69, 9.17) is 14.2 Å². The van der Waals surface area contributed by atoms with Gasteiger partial charge in [0.25, 0.3) is 0 Å². The monoisotopic (exact) mass is 961 g/mol. The number of carbonyl (C=O) groups is 3. The van der Waals surface area contributed by atoms with Crippen LogP contribution >= 0.6 is 0 Å². The molecule has 0 aromatic carbocycles. The number of unbranched alkanes of at least 4 members (excludes halogenated alkanes) is 27. The van der Waals surface area contributed by atoms with Gasteiger partial charge in [-0.1, -0.05) is 234 Å². The lowest BCUT2D eigenvalue weighted by Crippen LogP contribution is -2.30. The van der Waals surface area contributed by atoms with E-state index in [0.717, 1.165) is 57.8 Å². The van der Waals surface area contributed by atoms with Crippen molar-refractivity contribution in [2.75, 3.05) is 13.2 Å². The minimum Gasteiger partial charge on any atom is -0.462 e. The van der Waals surface area contributed by atoms with E-state index in [1.165, 1.54) is 167 Å². The van der Waals surface area contributed by atoms with Gasteiger partial charge in [-0.05, 0) is 109 Å². The van der Waals surface area contributed by atoms with Crippen LogP contribution in [-0.4, -0.2) is 37.2 Å². The molecule has 0 saturated carbocycles. The fourth-order valence-corrected chi connectivity index (χ4v) is 7.94. The van der Waals surface area contributed by atoms with Gasteiger partial charge in [-0.2, -0.15) is 0 Å². The van der Waals surface area contributed by atoms with Crippen LogP contribution in [0.1, 0.15) is 278 Å². The fraction of sp³-hybridized carbons (Fsp3) is 0.730. The molecule has 0 aromatic heterocycles. The summed E-state index contributed by atoms with van der Waals surface area (Å²) in [4.78, 5) is 38.1. The first-order valence-electron chi connectivity index (χ1n) is 29.1. The first kappa shape index (κ1) is 65.6. The van der Waals surface area contributed by atoms with Gasteiger partial charge in [-0.25, -0.2) is 0 Å². The number of ether oxygens (including phenoxy) is 3. The zero-order valence-corrected chi connectivity index (χ0v) is 45.3. The Labute approximate surface area is 426 Å². The number of hydrogen-bond acceptors (Lipinski definition) is 6. The minimum absolute atomic E-state index is 0.120. The topological polar surface area (TPSA) is 78.9 Å². The van der Waals surface area contributed by atoms with Crippen LogP contribution in [0.2, 0.25) is 0 Å². The summed E-state index contributed by atoms with van der Waals surface area (Å²) in [5.74, 6) is -1.02. The van der Waals surface area contributed by atoms with Crippen molar-refractivity contribution < 1.29 is 28.6 Å². The standard InChI is InChI=1S/C63H108O6/c1-4-7-10-13-16-19-22-25-28-31-34-37-40-43-46-49-52-55-61(64)67-58-60(69-63(66)57-54-51-48-45-42-39-36-33-30-27-24-21-18-15-12-9-6-3)59-68-62(65)56-53-50-47-44-41-38-35-32-29-26-23-20-17-14-11-8-5-2/h25-30,34-35,37-38,43-44,46-47,60H,4-24,31-33,36,39-42,45,48-59H2,1-3H3/b28-25-,29-26-,30-27-,37-34-,38-35-,46-43-,47-44-. The quantitative estimate of drug-likeness (QED) is 0.0262. The van der Waals surface area contributed by atoms with Gasteiger partial charge >= 0.3 is 17.9 Å². The van der Waals surface area contributed by atoms with Gasteiger partial charge < -0.3 is 14.2 Å². The third-order valence-corrected chi connectivity index (χ3v) is 12.3. The molecule has 0 unspecified atom stereocenters. The lowest BCUT2D eigenvalue weighted by Gasteiger charge is -2.18. The molecule has 0 bridgehead atoms. The van der Waals surface area contributed by atoms with Crippen molar-refractivity contribution in [3.63, 3.8) is 0 Å². The van der Waals surface area contributed by atoms with Gasteiger partial charge in [0, 0.05) is 19.3 Å². The van der Waals surface area contributed by atoms with E-state index < -0.39 is 6.10 Å². The Bertz CT molecular complexity index is 1260. The van der Waals surface area contributed by atoms with Crippen molar-refractivity contribution in [2.45, 2.75) is 284 Å². The van der Waals surface area contributed by atoms with Crippen molar-refractivity contribution in [1.29, 1.82) is 0 Å². The summed E-state index contributed by atoms with van der Waals surface area (Å²) in [6, 6.07) is 0. The number of rotatable bonds is 52. The molecule has 396 valence electrons. The molecule has 0 rings (SSSR count). The number of carbonyl (C=O) groups excluding carboxylic acids is 3. The zero-order chi connectivity index (χ0) is 50.0. The molecule has 6 heteroatoms. The molecule has 0 aromatic rings. The molecular formula is C63H108O6. The minimum atomic E-state index is -0.820. The third kappa shape index (κ3) is 55.4. The molecule has 0 atom stereocenters. The SMILES string of the molecule is CCCCCCCC/C=C\C/C=C\C/C=C\CCCC(=O)OCC(COC(=O)CCC/C=C\C/C=C\C/C=C\CCCCCCCC)OC(=O)CCCCCCCCC/C=C\CCCCCCCC. The van der Waals surface area contributed by atoms with Gasteiger partial charge in [0.05, 0.1) is 0 Å². The average molecular weight is 962 g/mol. The van der Waals surface area contributed by atoms with Crippen LogP contribution in [0.15, 0.2) is 85.1 Å². The second-order valence-electron chi connectivity index (χ2n) is 19.2. The second kappa shape index (κ2) is 57.2. The summed E-state index contributed by atoms with van der Waals surface area (Å²) in [7, 11) is 0. The predicted molar refractivity (Wildman–Crippen MR) is 297 cm³/mol. The Hall–Kier alpha value is -3.41. The highest BCUT2D eigenvalue weighted by Gasteiger charge is 2.19. The first-order valence-corrected chi connectivity index (χ1v) is 29.1. The maximum Gasteiger partial charge on any atom is 0.306 e. The van der Waals surface area contributed by atoms with Crippen LogP contribution in [0.5, 0.6) is 0 Å². The van der Waals surface area contributed by atoms with Crippen molar-refractivity contribution in [1.82, 2.24) is 0 Å². The van der Waals surface area contributed by atoms with E-state index in [0.29, 0.717) is 19.3 Å². The molecule has 0 spiro atoms. The normalized spacial score (nSPS) is 12.3. The van der Waals surface area contributed by atoms with Crippen molar-refractivity contribution in [3.8, 4) is 0 Å². The molecule has 0 radical (unpaired) electrons. The van der Waals surface area contributed by atoms with Crippen LogP contribution < -0.4 is 0 Å². The Kier molecular flexibility index (Phi) is 54.3. The van der Waals surface area contributed by atoms with Crippen LogP contribution in [-0.2, 0) is 28.6 Å². The summed E-state index contributed by atoms with van der Waals surface area (Å²) in [6.45, 7) is 6.54. The van der Waals surface area contributed by atoms with Crippen LogP contribution in [0.4, 0.5) is 0 Å². The highest BCUT2D eigenvalue weighted by atomic mass is 16.6. The molecule has 0 aliphatic heterocycles. The third-order valence-electron chi connectivity index (χ3n) is 12.3. The van der Waals surface area contributed by atoms with Gasteiger partial charge in [0.15, 0.2) is 6.10 Å². The lowest BCUT2D eigenvalue weighted by atomic mass is 10.1. The van der Waals surface area contributed by atoms with Crippen LogP contribution in [0.3, 0.4) is 0 Å². The second-order valence-corrected chi connectivity index (χ2v) is 19.2. The predicted octanol–water partition coefficient (Wildman–Crippen LogP) is 19.5. The van der Waals surface area contributed by atoms with Gasteiger partial charge in [-0.15, -0.1) is 0 Å². The molecule has 0 saturated heterocycles. The van der Waals surface area contributed by atoms with Crippen molar-refractivity contribution in [2.24, 2.45) is 0 Å². The van der Waals surface area contributed by atoms with E-state index in [2.05, 4.69) is 106 Å². The van der Waals surface area contributed by atoms with Crippen LogP contribution in [0.25, 0.3) is 0 Å². The Balaban J connectivity index is 4.53. The summed E-state index contributed by atoms with van der Waals surface area (Å²) in [5, 5.41) is 0. The van der Waals surface area contributed by atoms with Crippen molar-refractivity contribution >= 4 is 17.9 Å². The highest BCUT2D eigenvalue weighted by molar-refractivity contribution is 5.71. The summed E-state index contributed by atoms with van der Waals surface area (Å²) in [5.41, 5.74) is 0. The van der Waals surface area contributed by atoms with E-state index in [1.54, 1.807) is 0 Å². The van der Waals surface area contributed by atoms with Crippen LogP contribution in [0, 0.1) is 0 Å². The maximum absolute atomic E-state index is 12.9. The van der Waals surface area contributed by atoms with Gasteiger partial charge in [0.2, 0.25) is 0 Å². The summed E-state index contributed by atoms with van der Waals surface area (Å²) in [6.07, 6.45) is 74.4. The molecule has 0 aliphatic carbocycles. The Morgan fingerprint density at radius 2 is 0.536 bits per heavy atom. The van der Waals surface area contributed by atoms with E-state index in [9.17, 15) is 14.4 Å². The molecule has 0 aliphatic rings. The zero-order valence-electron chi connectivity index (χ0n) is 45.3. The number of hydrogen-bond donors (Lipinski definition) is 0. The van der Waals surface area contributed by atoms with Gasteiger partial charge in [-0.3, -0.25) is 14.4 Å².